The molecule has 0 aromatic carbocycles. The number of halogens is 2. The van der Waals surface area contributed by atoms with Gasteiger partial charge in [0.25, 0.3) is 5.91 Å². The van der Waals surface area contributed by atoms with Gasteiger partial charge in [0, 0.05) is 17.6 Å². The summed E-state index contributed by atoms with van der Waals surface area (Å²) in [6.45, 7) is 2.41. The fraction of sp³-hybridized carbons (Fsp3) is 0.545. The van der Waals surface area contributed by atoms with E-state index in [4.69, 9.17) is 19.4 Å². The predicted molar refractivity (Wildman–Crippen MR) is 100 cm³/mol. The zero-order chi connectivity index (χ0) is 23.8. The molecule has 178 valence electrons. The van der Waals surface area contributed by atoms with Crippen LogP contribution in [0.15, 0.2) is 24.7 Å². The molecule has 1 fully saturated rings. The van der Waals surface area contributed by atoms with Gasteiger partial charge in [-0.25, -0.2) is 18.1 Å². The number of carbonyl (C=O) groups is 1. The molecule has 0 radical (unpaired) electrons. The molecule has 2 rings (SSSR count). The Labute approximate surface area is 182 Å². The fourth-order valence-electron chi connectivity index (χ4n) is 2.52. The average Bonchev–Trinajstić information content (AvgIpc) is 2.82. The molecule has 2 aliphatic heterocycles. The maximum absolute atomic E-state index is 14.8. The first-order valence-electron chi connectivity index (χ1n) is 7.81. The Hall–Kier alpha value is -0.510. The summed E-state index contributed by atoms with van der Waals surface area (Å²) >= 11 is 2.94. The van der Waals surface area contributed by atoms with Crippen LogP contribution < -0.4 is 5.32 Å². The minimum absolute atomic E-state index is 0.0920. The van der Waals surface area contributed by atoms with E-state index >= 15 is 0 Å². The average molecular weight is 577 g/mol. The summed E-state index contributed by atoms with van der Waals surface area (Å²) in [4.78, 5) is 48.1. The highest BCUT2D eigenvalue weighted by atomic mass is 79.9. The van der Waals surface area contributed by atoms with Crippen molar-refractivity contribution in [2.24, 2.45) is 0 Å². The van der Waals surface area contributed by atoms with Gasteiger partial charge in [0.1, 0.15) is 17.5 Å². The van der Waals surface area contributed by atoms with Gasteiger partial charge in [-0.2, -0.15) is 8.62 Å². The molecule has 20 heteroatoms. The molecule has 1 saturated heterocycles. The normalized spacial score (nSPS) is 33.1. The van der Waals surface area contributed by atoms with Crippen molar-refractivity contribution in [3.8, 4) is 0 Å². The van der Waals surface area contributed by atoms with E-state index in [2.05, 4.69) is 41.0 Å². The lowest BCUT2D eigenvalue weighted by atomic mass is 9.99. The third-order valence-corrected chi connectivity index (χ3v) is 8.55. The van der Waals surface area contributed by atoms with Crippen LogP contribution in [0.4, 0.5) is 4.39 Å². The van der Waals surface area contributed by atoms with Crippen LogP contribution in [0.1, 0.15) is 0 Å². The van der Waals surface area contributed by atoms with Gasteiger partial charge in [0.05, 0.1) is 6.61 Å². The lowest BCUT2D eigenvalue weighted by Crippen LogP contribution is -2.47. The molecule has 0 bridgehead atoms. The summed E-state index contributed by atoms with van der Waals surface area (Å²) in [7, 11) is -16.9. The number of hydrogen-bond donors (Lipinski definition) is 6. The Bertz CT molecular complexity index is 913. The largest absolute Gasteiger partial charge is 0.490 e. The maximum atomic E-state index is 14.8. The SMILES string of the molecule is C=C1NC(=O)C=CN1[C@@H]1O[C@](CBr)(COP(=O)(O)OP(=O)(O)OP(=O)(O)O)[C@@H](O)[C@@H]1F. The van der Waals surface area contributed by atoms with Crippen LogP contribution in [0, 0.1) is 0 Å². The van der Waals surface area contributed by atoms with E-state index < -0.39 is 60.1 Å². The van der Waals surface area contributed by atoms with Crippen LogP contribution in [0.3, 0.4) is 0 Å². The summed E-state index contributed by atoms with van der Waals surface area (Å²) in [5.41, 5.74) is -2.05. The van der Waals surface area contributed by atoms with Crippen LogP contribution in [-0.2, 0) is 36.4 Å². The van der Waals surface area contributed by atoms with Crippen LogP contribution in [0.25, 0.3) is 0 Å². The molecule has 1 amide bonds. The van der Waals surface area contributed by atoms with Gasteiger partial charge in [-0.3, -0.25) is 9.32 Å². The van der Waals surface area contributed by atoms with E-state index in [0.717, 1.165) is 17.2 Å². The molecule has 0 spiro atoms. The molecular formula is C11H17BrFN2O13P3. The Kier molecular flexibility index (Phi) is 8.10. The summed E-state index contributed by atoms with van der Waals surface area (Å²) in [5.74, 6) is -0.639. The first kappa shape index (κ1) is 26.7. The lowest BCUT2D eigenvalue weighted by molar-refractivity contribution is -0.125. The first-order valence-corrected chi connectivity index (χ1v) is 13.5. The van der Waals surface area contributed by atoms with Crippen LogP contribution in [0.5, 0.6) is 0 Å². The van der Waals surface area contributed by atoms with Gasteiger partial charge >= 0.3 is 23.5 Å². The summed E-state index contributed by atoms with van der Waals surface area (Å²) in [5, 5.41) is 12.2. The first-order chi connectivity index (χ1) is 14.0. The summed E-state index contributed by atoms with van der Waals surface area (Å²) in [6, 6.07) is 0. The summed E-state index contributed by atoms with van der Waals surface area (Å²) in [6.07, 6.45) is -3.56. The van der Waals surface area contributed by atoms with E-state index in [0.29, 0.717) is 0 Å². The van der Waals surface area contributed by atoms with E-state index in [1.165, 1.54) is 0 Å². The lowest BCUT2D eigenvalue weighted by Gasteiger charge is -2.34. The van der Waals surface area contributed by atoms with Crippen molar-refractivity contribution in [1.29, 1.82) is 0 Å². The van der Waals surface area contributed by atoms with Crippen molar-refractivity contribution < 1.29 is 65.4 Å². The number of nitrogens with one attached hydrogen (secondary N) is 1. The second kappa shape index (κ2) is 9.39. The molecule has 2 heterocycles. The Morgan fingerprint density at radius 2 is 1.87 bits per heavy atom. The number of alkyl halides is 2. The van der Waals surface area contributed by atoms with Crippen molar-refractivity contribution in [2.75, 3.05) is 11.9 Å². The van der Waals surface area contributed by atoms with Crippen LogP contribution >= 0.6 is 39.4 Å². The zero-order valence-electron chi connectivity index (χ0n) is 15.1. The molecule has 0 saturated carbocycles. The minimum atomic E-state index is -5.76. The third kappa shape index (κ3) is 6.74. The highest BCUT2D eigenvalue weighted by Crippen LogP contribution is 2.66. The van der Waals surface area contributed by atoms with Gasteiger partial charge < -0.3 is 39.6 Å². The van der Waals surface area contributed by atoms with E-state index in [9.17, 15) is 32.9 Å². The number of phosphoric acid groups is 3. The van der Waals surface area contributed by atoms with E-state index in [-0.39, 0.29) is 11.2 Å². The molecule has 0 aliphatic carbocycles. The van der Waals surface area contributed by atoms with Crippen LogP contribution in [0.2, 0.25) is 0 Å². The number of hydrogen-bond acceptors (Lipinski definition) is 10. The number of aliphatic hydroxyl groups excluding tert-OH is 1. The number of phosphoric ester groups is 1. The van der Waals surface area contributed by atoms with Crippen molar-refractivity contribution in [2.45, 2.75) is 24.1 Å². The standard InChI is InChI=1S/C11H17BrFN2O13P3/c1-6-14-7(16)2-3-15(6)10-8(13)9(17)11(4-12,26-10)5-25-30(21,22)28-31(23,24)27-29(18,19)20/h2-3,8-10,17H,1,4-5H2,(H,14,16)(H,21,22)(H,23,24)(H2,18,19,20)/t8-,9-,10+,11+/m0/s1. The predicted octanol–water partition coefficient (Wildman–Crippen LogP) is -0.0646. The monoisotopic (exact) mass is 576 g/mol. The molecule has 6 atom stereocenters. The molecule has 0 aromatic rings. The maximum Gasteiger partial charge on any atom is 0.490 e. The number of ether oxygens (including phenoxy) is 1. The Morgan fingerprint density at radius 3 is 2.39 bits per heavy atom. The fourth-order valence-corrected chi connectivity index (χ4v) is 6.22. The number of rotatable bonds is 9. The molecule has 0 aromatic heterocycles. The zero-order valence-corrected chi connectivity index (χ0v) is 19.3. The number of carbonyl (C=O) groups excluding carboxylic acids is 1. The smallest absolute Gasteiger partial charge is 0.387 e. The van der Waals surface area contributed by atoms with Gasteiger partial charge in [-0.05, 0) is 0 Å². The van der Waals surface area contributed by atoms with Gasteiger partial charge in [0.2, 0.25) is 0 Å². The second-order valence-corrected chi connectivity index (χ2v) is 11.1. The number of amides is 1. The molecule has 15 nitrogen and oxygen atoms in total. The molecule has 31 heavy (non-hydrogen) atoms. The van der Waals surface area contributed by atoms with Crippen molar-refractivity contribution in [1.82, 2.24) is 10.2 Å². The second-order valence-electron chi connectivity index (χ2n) is 6.12. The van der Waals surface area contributed by atoms with Gasteiger partial charge in [-0.1, -0.05) is 22.5 Å². The van der Waals surface area contributed by atoms with Crippen molar-refractivity contribution in [3.05, 3.63) is 24.7 Å². The van der Waals surface area contributed by atoms with E-state index in [1.807, 2.05) is 0 Å². The third-order valence-electron chi connectivity index (χ3n) is 3.82. The van der Waals surface area contributed by atoms with Crippen LogP contribution in [-0.4, -0.2) is 71.5 Å². The quantitative estimate of drug-likeness (QED) is 0.156. The van der Waals surface area contributed by atoms with Crippen molar-refractivity contribution >= 4 is 45.3 Å². The highest BCUT2D eigenvalue weighted by molar-refractivity contribution is 9.09. The highest BCUT2D eigenvalue weighted by Gasteiger charge is 2.58. The number of nitrogens with zero attached hydrogens (tertiary/aromatic N) is 1. The Balaban J connectivity index is 2.15. The molecular weight excluding hydrogens is 560 g/mol. The minimum Gasteiger partial charge on any atom is -0.387 e. The molecule has 2 aliphatic rings. The topological polar surface area (TPSA) is 222 Å². The summed E-state index contributed by atoms with van der Waals surface area (Å²) < 4.78 is 65.8. The van der Waals surface area contributed by atoms with Gasteiger partial charge in [-0.15, -0.1) is 0 Å². The molecule has 2 unspecified atom stereocenters. The van der Waals surface area contributed by atoms with Gasteiger partial charge in [0.15, 0.2) is 12.4 Å². The Morgan fingerprint density at radius 1 is 1.26 bits per heavy atom. The van der Waals surface area contributed by atoms with E-state index in [1.54, 1.807) is 0 Å². The number of aliphatic hydroxyl groups is 1. The van der Waals surface area contributed by atoms with Crippen molar-refractivity contribution in [3.63, 3.8) is 0 Å². The molecule has 6 N–H and O–H groups in total.